The lowest BCUT2D eigenvalue weighted by molar-refractivity contribution is -0.167. The van der Waals surface area contributed by atoms with Crippen molar-refractivity contribution in [2.75, 3.05) is 13.2 Å². The minimum atomic E-state index is -0.770. The molecule has 0 aromatic rings. The number of ether oxygens (including phenoxy) is 3. The van der Waals surface area contributed by atoms with E-state index in [0.29, 0.717) is 19.3 Å². The van der Waals surface area contributed by atoms with Gasteiger partial charge in [-0.1, -0.05) is 327 Å². The molecule has 0 rings (SSSR count). The summed E-state index contributed by atoms with van der Waals surface area (Å²) in [5.41, 5.74) is 0. The largest absolute Gasteiger partial charge is 0.462 e. The molecule has 0 aliphatic heterocycles. The van der Waals surface area contributed by atoms with Crippen LogP contribution in [0.15, 0.2) is 36.5 Å². The lowest BCUT2D eigenvalue weighted by atomic mass is 10.0. The summed E-state index contributed by atoms with van der Waals surface area (Å²) in [7, 11) is 0. The molecule has 0 saturated heterocycles. The molecule has 0 saturated carbocycles. The van der Waals surface area contributed by atoms with E-state index in [-0.39, 0.29) is 31.1 Å². The summed E-state index contributed by atoms with van der Waals surface area (Å²) in [5, 5.41) is 0. The summed E-state index contributed by atoms with van der Waals surface area (Å²) in [6.07, 6.45) is 83.2. The molecule has 0 spiro atoms. The highest BCUT2D eigenvalue weighted by atomic mass is 16.6. The Kier molecular flexibility index (Phi) is 65.1. The van der Waals surface area contributed by atoms with Crippen LogP contribution in [0.3, 0.4) is 0 Å². The fraction of sp³-hybridized carbons (Fsp3) is 0.875. The molecular weight excluding hydrogens is 961 g/mol. The molecule has 0 radical (unpaired) electrons. The zero-order chi connectivity index (χ0) is 56.4. The van der Waals surface area contributed by atoms with Gasteiger partial charge in [0.05, 0.1) is 0 Å². The first-order chi connectivity index (χ1) is 38.5. The third-order valence-electron chi connectivity index (χ3n) is 15.9. The van der Waals surface area contributed by atoms with Crippen molar-refractivity contribution in [3.8, 4) is 0 Å². The molecule has 0 amide bonds. The van der Waals surface area contributed by atoms with Crippen LogP contribution in [0, 0.1) is 0 Å². The zero-order valence-corrected chi connectivity index (χ0v) is 52.7. The predicted octanol–water partition coefficient (Wildman–Crippen LogP) is 23.9. The summed E-state index contributed by atoms with van der Waals surface area (Å²) in [6, 6.07) is 0. The number of unbranched alkanes of at least 4 members (excludes halogenated alkanes) is 48. The Hall–Kier alpha value is -2.37. The molecule has 0 bridgehead atoms. The van der Waals surface area contributed by atoms with Crippen molar-refractivity contribution in [2.24, 2.45) is 0 Å². The van der Waals surface area contributed by atoms with Gasteiger partial charge < -0.3 is 14.2 Å². The maximum absolute atomic E-state index is 12.9. The van der Waals surface area contributed by atoms with Crippen molar-refractivity contribution in [2.45, 2.75) is 393 Å². The van der Waals surface area contributed by atoms with Crippen LogP contribution >= 0.6 is 0 Å². The molecule has 0 N–H and O–H groups in total. The highest BCUT2D eigenvalue weighted by molar-refractivity contribution is 5.71. The first-order valence-corrected chi connectivity index (χ1v) is 35.0. The lowest BCUT2D eigenvalue weighted by Gasteiger charge is -2.18. The fourth-order valence-electron chi connectivity index (χ4n) is 10.6. The molecule has 0 aliphatic rings. The Morgan fingerprint density at radius 1 is 0.256 bits per heavy atom. The van der Waals surface area contributed by atoms with Gasteiger partial charge in [-0.15, -0.1) is 0 Å². The Labute approximate surface area is 486 Å². The van der Waals surface area contributed by atoms with Gasteiger partial charge in [-0.05, 0) is 77.0 Å². The van der Waals surface area contributed by atoms with Crippen LogP contribution in [0.5, 0.6) is 0 Å². The standard InChI is InChI=1S/C72H134O6/c1-4-7-10-13-16-19-22-24-26-28-30-31-32-33-34-35-36-37-38-39-40-41-42-44-45-47-50-53-56-59-62-65-71(74)77-68-69(67-76-70(73)64-61-58-55-52-49-21-18-15-12-9-6-3)78-72(75)66-63-60-57-54-51-48-46-43-29-27-25-23-20-17-14-11-8-5-2/h22,24,27-30,69H,4-21,23,25-26,31-68H2,1-3H3/b24-22-,29-27-,30-28-. The lowest BCUT2D eigenvalue weighted by Crippen LogP contribution is -2.30. The second kappa shape index (κ2) is 67.1. The average Bonchev–Trinajstić information content (AvgIpc) is 3.44. The molecular formula is C72H134O6. The van der Waals surface area contributed by atoms with E-state index in [1.807, 2.05) is 0 Å². The molecule has 0 aliphatic carbocycles. The SMILES string of the molecule is CCCCCCC/C=C\C/C=C\CCCCCCCCCCCCCCCCCCCCCC(=O)OCC(COC(=O)CCCCCCCCCCCCC)OC(=O)CCCCCCCCC/C=C\CCCCCCCCC. The van der Waals surface area contributed by atoms with Gasteiger partial charge in [0.15, 0.2) is 6.10 Å². The maximum Gasteiger partial charge on any atom is 0.306 e. The van der Waals surface area contributed by atoms with Crippen LogP contribution in [0.1, 0.15) is 387 Å². The summed E-state index contributed by atoms with van der Waals surface area (Å²) in [5.74, 6) is -0.846. The van der Waals surface area contributed by atoms with Crippen LogP contribution < -0.4 is 0 Å². The molecule has 0 heterocycles. The first kappa shape index (κ1) is 75.6. The van der Waals surface area contributed by atoms with Crippen molar-refractivity contribution in [1.29, 1.82) is 0 Å². The van der Waals surface area contributed by atoms with Gasteiger partial charge in [-0.25, -0.2) is 0 Å². The smallest absolute Gasteiger partial charge is 0.306 e. The topological polar surface area (TPSA) is 78.9 Å². The monoisotopic (exact) mass is 1100 g/mol. The van der Waals surface area contributed by atoms with Crippen molar-refractivity contribution >= 4 is 17.9 Å². The maximum atomic E-state index is 12.9. The Balaban J connectivity index is 4.11. The van der Waals surface area contributed by atoms with Crippen molar-refractivity contribution < 1.29 is 28.6 Å². The second-order valence-corrected chi connectivity index (χ2v) is 23.8. The van der Waals surface area contributed by atoms with Crippen LogP contribution in [-0.2, 0) is 28.6 Å². The van der Waals surface area contributed by atoms with Crippen LogP contribution in [0.25, 0.3) is 0 Å². The fourth-order valence-corrected chi connectivity index (χ4v) is 10.6. The predicted molar refractivity (Wildman–Crippen MR) is 339 cm³/mol. The van der Waals surface area contributed by atoms with E-state index >= 15 is 0 Å². The van der Waals surface area contributed by atoms with E-state index in [1.54, 1.807) is 0 Å². The third kappa shape index (κ3) is 64.5. The van der Waals surface area contributed by atoms with E-state index in [1.165, 1.54) is 283 Å². The van der Waals surface area contributed by atoms with Crippen molar-refractivity contribution in [1.82, 2.24) is 0 Å². The molecule has 6 heteroatoms. The summed E-state index contributed by atoms with van der Waals surface area (Å²) >= 11 is 0. The van der Waals surface area contributed by atoms with Gasteiger partial charge in [0.1, 0.15) is 13.2 Å². The molecule has 0 aromatic heterocycles. The third-order valence-corrected chi connectivity index (χ3v) is 15.9. The summed E-state index contributed by atoms with van der Waals surface area (Å²) in [4.78, 5) is 38.3. The highest BCUT2D eigenvalue weighted by Gasteiger charge is 2.19. The molecule has 1 atom stereocenters. The highest BCUT2D eigenvalue weighted by Crippen LogP contribution is 2.18. The molecule has 78 heavy (non-hydrogen) atoms. The molecule has 6 nitrogen and oxygen atoms in total. The van der Waals surface area contributed by atoms with Crippen LogP contribution in [0.2, 0.25) is 0 Å². The van der Waals surface area contributed by atoms with Gasteiger partial charge >= 0.3 is 17.9 Å². The van der Waals surface area contributed by atoms with E-state index in [2.05, 4.69) is 57.2 Å². The quantitative estimate of drug-likeness (QED) is 0.0261. The second-order valence-electron chi connectivity index (χ2n) is 23.8. The molecule has 0 aromatic carbocycles. The van der Waals surface area contributed by atoms with E-state index in [9.17, 15) is 14.4 Å². The van der Waals surface area contributed by atoms with E-state index in [4.69, 9.17) is 14.2 Å². The zero-order valence-electron chi connectivity index (χ0n) is 52.7. The summed E-state index contributed by atoms with van der Waals surface area (Å²) < 4.78 is 16.9. The number of rotatable bonds is 65. The number of esters is 3. The van der Waals surface area contributed by atoms with Crippen LogP contribution in [0.4, 0.5) is 0 Å². The number of hydrogen-bond acceptors (Lipinski definition) is 6. The number of carbonyl (C=O) groups excluding carboxylic acids is 3. The number of carbonyl (C=O) groups is 3. The Morgan fingerprint density at radius 3 is 0.718 bits per heavy atom. The van der Waals surface area contributed by atoms with Crippen LogP contribution in [-0.4, -0.2) is 37.2 Å². The van der Waals surface area contributed by atoms with E-state index in [0.717, 1.165) is 64.2 Å². The molecule has 0 fully saturated rings. The van der Waals surface area contributed by atoms with E-state index < -0.39 is 6.10 Å². The normalized spacial score (nSPS) is 12.2. The Morgan fingerprint density at radius 2 is 0.462 bits per heavy atom. The molecule has 458 valence electrons. The van der Waals surface area contributed by atoms with Gasteiger partial charge in [0.2, 0.25) is 0 Å². The van der Waals surface area contributed by atoms with Gasteiger partial charge in [-0.2, -0.15) is 0 Å². The molecule has 1 unspecified atom stereocenters. The van der Waals surface area contributed by atoms with Crippen molar-refractivity contribution in [3.63, 3.8) is 0 Å². The first-order valence-electron chi connectivity index (χ1n) is 35.0. The van der Waals surface area contributed by atoms with Crippen molar-refractivity contribution in [3.05, 3.63) is 36.5 Å². The number of hydrogen-bond donors (Lipinski definition) is 0. The van der Waals surface area contributed by atoms with Gasteiger partial charge in [0.25, 0.3) is 0 Å². The van der Waals surface area contributed by atoms with Gasteiger partial charge in [0, 0.05) is 19.3 Å². The Bertz CT molecular complexity index is 1300. The minimum Gasteiger partial charge on any atom is -0.462 e. The van der Waals surface area contributed by atoms with Gasteiger partial charge in [-0.3, -0.25) is 14.4 Å². The number of allylic oxidation sites excluding steroid dienone is 6. The summed E-state index contributed by atoms with van der Waals surface area (Å²) in [6.45, 7) is 6.68. The average molecular weight is 1100 g/mol. The minimum absolute atomic E-state index is 0.0680.